The maximum Gasteiger partial charge on any atom is 0.239 e. The van der Waals surface area contributed by atoms with Crippen LogP contribution in [-0.2, 0) is 4.79 Å². The van der Waals surface area contributed by atoms with Crippen LogP contribution in [0.3, 0.4) is 0 Å². The van der Waals surface area contributed by atoms with E-state index in [1.165, 1.54) is 0 Å². The quantitative estimate of drug-likeness (QED) is 0.564. The van der Waals surface area contributed by atoms with Gasteiger partial charge in [0.1, 0.15) is 18.8 Å². The van der Waals surface area contributed by atoms with Crippen molar-refractivity contribution in [1.29, 1.82) is 0 Å². The molecule has 4 rings (SSSR count). The first kappa shape index (κ1) is 23.1. The average molecular weight is 480 g/mol. The summed E-state index contributed by atoms with van der Waals surface area (Å²) < 4.78 is 11.6. The molecule has 2 aliphatic rings. The second-order valence-corrected chi connectivity index (χ2v) is 9.07. The van der Waals surface area contributed by atoms with Crippen molar-refractivity contribution in [1.82, 2.24) is 10.2 Å². The molecule has 0 aliphatic carbocycles. The lowest BCUT2D eigenvalue weighted by atomic mass is 9.98. The zero-order valence-electron chi connectivity index (χ0n) is 17.5. The molecule has 0 spiro atoms. The Bertz CT molecular complexity index is 935. The normalized spacial score (nSPS) is 21.2. The Morgan fingerprint density at radius 2 is 1.81 bits per heavy atom. The number of piperidine rings is 1. The van der Waals surface area contributed by atoms with Crippen molar-refractivity contribution in [3.05, 3.63) is 58.1 Å². The van der Waals surface area contributed by atoms with Crippen molar-refractivity contribution < 1.29 is 19.4 Å². The summed E-state index contributed by atoms with van der Waals surface area (Å²) in [7, 11) is 0. The number of hydrogen-bond donors (Lipinski definition) is 3. The van der Waals surface area contributed by atoms with E-state index in [-0.39, 0.29) is 18.6 Å². The molecule has 1 saturated heterocycles. The Morgan fingerprint density at radius 1 is 1.12 bits per heavy atom. The van der Waals surface area contributed by atoms with Gasteiger partial charge in [0.25, 0.3) is 0 Å². The monoisotopic (exact) mass is 479 g/mol. The van der Waals surface area contributed by atoms with Crippen LogP contribution >= 0.6 is 23.2 Å². The average Bonchev–Trinajstić information content (AvgIpc) is 2.79. The SMILES string of the molecule is NC(=O)C(c1ccc(Cl)cc1)N1CCC(NCC(O)C2COc3cc(Cl)ccc3O2)CC1. The molecule has 172 valence electrons. The lowest BCUT2D eigenvalue weighted by molar-refractivity contribution is -0.124. The van der Waals surface area contributed by atoms with Crippen molar-refractivity contribution in [3.63, 3.8) is 0 Å². The van der Waals surface area contributed by atoms with E-state index in [0.29, 0.717) is 28.1 Å². The number of benzene rings is 2. The van der Waals surface area contributed by atoms with Crippen LogP contribution < -0.4 is 20.5 Å². The summed E-state index contributed by atoms with van der Waals surface area (Å²) in [6, 6.07) is 12.2. The molecule has 9 heteroatoms. The molecule has 4 N–H and O–H groups in total. The van der Waals surface area contributed by atoms with Crippen LogP contribution in [0, 0.1) is 0 Å². The number of hydrogen-bond acceptors (Lipinski definition) is 6. The Balaban J connectivity index is 1.26. The molecule has 3 atom stereocenters. The van der Waals surface area contributed by atoms with Crippen molar-refractivity contribution in [2.45, 2.75) is 37.1 Å². The highest BCUT2D eigenvalue weighted by Gasteiger charge is 2.31. The van der Waals surface area contributed by atoms with Crippen LogP contribution in [0.5, 0.6) is 11.5 Å². The van der Waals surface area contributed by atoms with E-state index in [2.05, 4.69) is 10.2 Å². The summed E-state index contributed by atoms with van der Waals surface area (Å²) in [6.45, 7) is 2.09. The third-order valence-corrected chi connectivity index (χ3v) is 6.47. The van der Waals surface area contributed by atoms with E-state index in [9.17, 15) is 9.90 Å². The first-order valence-corrected chi connectivity index (χ1v) is 11.5. The highest BCUT2D eigenvalue weighted by Crippen LogP contribution is 2.34. The van der Waals surface area contributed by atoms with Gasteiger partial charge in [-0.1, -0.05) is 35.3 Å². The fraction of sp³-hybridized carbons (Fsp3) is 0.435. The van der Waals surface area contributed by atoms with E-state index in [4.69, 9.17) is 38.4 Å². The van der Waals surface area contributed by atoms with E-state index >= 15 is 0 Å². The molecule has 0 radical (unpaired) electrons. The van der Waals surface area contributed by atoms with Crippen LogP contribution in [0.15, 0.2) is 42.5 Å². The molecule has 7 nitrogen and oxygen atoms in total. The summed E-state index contributed by atoms with van der Waals surface area (Å²) in [5, 5.41) is 15.2. The molecular formula is C23H27Cl2N3O4. The maximum absolute atomic E-state index is 12.1. The Kier molecular flexibility index (Phi) is 7.43. The number of nitrogens with zero attached hydrogens (tertiary/aromatic N) is 1. The van der Waals surface area contributed by atoms with Crippen LogP contribution in [-0.4, -0.2) is 60.4 Å². The van der Waals surface area contributed by atoms with Gasteiger partial charge in [-0.15, -0.1) is 0 Å². The number of carbonyl (C=O) groups is 1. The first-order chi connectivity index (χ1) is 15.4. The molecule has 2 heterocycles. The molecule has 2 aliphatic heterocycles. The molecule has 3 unspecified atom stereocenters. The number of ether oxygens (including phenoxy) is 2. The summed E-state index contributed by atoms with van der Waals surface area (Å²) in [5.74, 6) is 0.800. The molecule has 0 aromatic heterocycles. The van der Waals surface area contributed by atoms with Gasteiger partial charge in [-0.3, -0.25) is 9.69 Å². The van der Waals surface area contributed by atoms with E-state index in [1.807, 2.05) is 12.1 Å². The number of likely N-dealkylation sites (tertiary alicyclic amines) is 1. The number of fused-ring (bicyclic) bond motifs is 1. The van der Waals surface area contributed by atoms with Crippen LogP contribution in [0.1, 0.15) is 24.4 Å². The number of halogens is 2. The van der Waals surface area contributed by atoms with Gasteiger partial charge in [0.2, 0.25) is 5.91 Å². The fourth-order valence-electron chi connectivity index (χ4n) is 4.23. The lowest BCUT2D eigenvalue weighted by Crippen LogP contribution is -2.50. The van der Waals surface area contributed by atoms with Crippen molar-refractivity contribution in [3.8, 4) is 11.5 Å². The maximum atomic E-state index is 12.1. The zero-order valence-corrected chi connectivity index (χ0v) is 19.1. The standard InChI is InChI=1S/C23H27Cl2N3O4/c24-15-3-1-14(2-4-15)22(23(26)30)28-9-7-17(8-10-28)27-12-18(29)21-13-31-20-11-16(25)5-6-19(20)32-21/h1-6,11,17-18,21-22,27,29H,7-10,12-13H2,(H2,26,30). The number of aliphatic hydroxyl groups is 1. The topological polar surface area (TPSA) is 97.1 Å². The zero-order chi connectivity index (χ0) is 22.7. The smallest absolute Gasteiger partial charge is 0.239 e. The number of aliphatic hydroxyl groups excluding tert-OH is 1. The van der Waals surface area contributed by atoms with Gasteiger partial charge in [-0.2, -0.15) is 0 Å². The number of carbonyl (C=O) groups excluding carboxylic acids is 1. The fourth-order valence-corrected chi connectivity index (χ4v) is 4.52. The predicted octanol–water partition coefficient (Wildman–Crippen LogP) is 2.77. The minimum atomic E-state index is -0.718. The van der Waals surface area contributed by atoms with Gasteiger partial charge in [-0.25, -0.2) is 0 Å². The van der Waals surface area contributed by atoms with Gasteiger partial charge in [0.05, 0.1) is 0 Å². The van der Waals surface area contributed by atoms with Gasteiger partial charge >= 0.3 is 0 Å². The van der Waals surface area contributed by atoms with Gasteiger partial charge < -0.3 is 25.6 Å². The van der Waals surface area contributed by atoms with E-state index in [1.54, 1.807) is 30.3 Å². The third-order valence-electron chi connectivity index (χ3n) is 5.98. The first-order valence-electron chi connectivity index (χ1n) is 10.7. The molecule has 2 aromatic rings. The summed E-state index contributed by atoms with van der Waals surface area (Å²) in [4.78, 5) is 14.2. The van der Waals surface area contributed by atoms with E-state index < -0.39 is 18.2 Å². The molecule has 0 saturated carbocycles. The summed E-state index contributed by atoms with van der Waals surface area (Å²) >= 11 is 11.9. The van der Waals surface area contributed by atoms with Crippen LogP contribution in [0.2, 0.25) is 10.0 Å². The number of rotatable bonds is 7. The highest BCUT2D eigenvalue weighted by molar-refractivity contribution is 6.31. The number of primary amides is 1. The number of amides is 1. The highest BCUT2D eigenvalue weighted by atomic mass is 35.5. The van der Waals surface area contributed by atoms with Crippen molar-refractivity contribution >= 4 is 29.1 Å². The summed E-state index contributed by atoms with van der Waals surface area (Å²) in [6.07, 6.45) is 0.505. The predicted molar refractivity (Wildman–Crippen MR) is 123 cm³/mol. The molecule has 0 bridgehead atoms. The Hall–Kier alpha value is -2.03. The second kappa shape index (κ2) is 10.3. The lowest BCUT2D eigenvalue weighted by Gasteiger charge is -2.37. The second-order valence-electron chi connectivity index (χ2n) is 8.20. The number of nitrogens with one attached hydrogen (secondary N) is 1. The minimum absolute atomic E-state index is 0.232. The van der Waals surface area contributed by atoms with Crippen molar-refractivity contribution in [2.75, 3.05) is 26.2 Å². The van der Waals surface area contributed by atoms with Gasteiger partial charge in [0.15, 0.2) is 17.6 Å². The summed E-state index contributed by atoms with van der Waals surface area (Å²) in [5.41, 5.74) is 6.55. The Labute approximate surface area is 197 Å². The molecule has 1 amide bonds. The van der Waals surface area contributed by atoms with E-state index in [0.717, 1.165) is 31.5 Å². The third kappa shape index (κ3) is 5.47. The van der Waals surface area contributed by atoms with Crippen LogP contribution in [0.4, 0.5) is 0 Å². The Morgan fingerprint density at radius 3 is 2.50 bits per heavy atom. The van der Waals surface area contributed by atoms with Crippen molar-refractivity contribution in [2.24, 2.45) is 5.73 Å². The molecule has 2 aromatic carbocycles. The minimum Gasteiger partial charge on any atom is -0.486 e. The number of nitrogens with two attached hydrogens (primary N) is 1. The molecular weight excluding hydrogens is 453 g/mol. The largest absolute Gasteiger partial charge is 0.486 e. The van der Waals surface area contributed by atoms with Gasteiger partial charge in [-0.05, 0) is 42.7 Å². The molecule has 1 fully saturated rings. The van der Waals surface area contributed by atoms with Crippen LogP contribution in [0.25, 0.3) is 0 Å². The molecule has 32 heavy (non-hydrogen) atoms. The van der Waals surface area contributed by atoms with Gasteiger partial charge in [0, 0.05) is 41.8 Å².